The fourth-order valence-electron chi connectivity index (χ4n) is 3.52. The standard InChI is InChI=1S/C19H28N4O/c1-2-3-12-23-13-6-8-15(9-7-14-23)20-19(24)18-16-10-4-5-11-17(16)21-22-18/h4-5,10-11,15H,2-3,6-9,12-14H2,1H3,(H,20,24)(H,21,22). The van der Waals surface area contributed by atoms with E-state index in [1.54, 1.807) is 0 Å². The molecule has 1 aliphatic rings. The van der Waals surface area contributed by atoms with Crippen molar-refractivity contribution in [1.82, 2.24) is 20.4 Å². The summed E-state index contributed by atoms with van der Waals surface area (Å²) in [5, 5.41) is 11.2. The SMILES string of the molecule is CCCCN1CCCC(NC(=O)c2n[nH]c3ccccc23)CCC1. The average molecular weight is 328 g/mol. The molecule has 24 heavy (non-hydrogen) atoms. The molecule has 5 nitrogen and oxygen atoms in total. The van der Waals surface area contributed by atoms with Crippen LogP contribution in [0.4, 0.5) is 0 Å². The van der Waals surface area contributed by atoms with Crippen LogP contribution in [-0.4, -0.2) is 46.7 Å². The minimum absolute atomic E-state index is 0.0548. The monoisotopic (exact) mass is 328 g/mol. The summed E-state index contributed by atoms with van der Waals surface area (Å²) in [4.78, 5) is 15.2. The van der Waals surface area contributed by atoms with Crippen molar-refractivity contribution in [3.63, 3.8) is 0 Å². The summed E-state index contributed by atoms with van der Waals surface area (Å²) in [5.41, 5.74) is 1.42. The van der Waals surface area contributed by atoms with E-state index in [9.17, 15) is 4.79 Å². The minimum atomic E-state index is -0.0548. The molecule has 3 rings (SSSR count). The van der Waals surface area contributed by atoms with E-state index in [2.05, 4.69) is 27.3 Å². The molecule has 0 saturated carbocycles. The first-order valence-electron chi connectivity index (χ1n) is 9.24. The number of amides is 1. The van der Waals surface area contributed by atoms with Crippen LogP contribution >= 0.6 is 0 Å². The molecule has 1 aromatic heterocycles. The number of nitrogens with zero attached hydrogens (tertiary/aromatic N) is 2. The number of para-hydroxylation sites is 1. The highest BCUT2D eigenvalue weighted by Crippen LogP contribution is 2.17. The van der Waals surface area contributed by atoms with Crippen LogP contribution in [0.25, 0.3) is 10.9 Å². The van der Waals surface area contributed by atoms with Crippen LogP contribution in [0.5, 0.6) is 0 Å². The molecule has 0 bridgehead atoms. The predicted octanol–water partition coefficient (Wildman–Crippen LogP) is 3.34. The largest absolute Gasteiger partial charge is 0.348 e. The molecule has 1 saturated heterocycles. The Kier molecular flexibility index (Phi) is 5.86. The summed E-state index contributed by atoms with van der Waals surface area (Å²) in [7, 11) is 0. The highest BCUT2D eigenvalue weighted by molar-refractivity contribution is 6.04. The van der Waals surface area contributed by atoms with Gasteiger partial charge in [-0.25, -0.2) is 0 Å². The fraction of sp³-hybridized carbons (Fsp3) is 0.579. The lowest BCUT2D eigenvalue weighted by atomic mass is 10.0. The number of nitrogens with one attached hydrogen (secondary N) is 2. The Balaban J connectivity index is 1.55. The molecule has 130 valence electrons. The zero-order valence-electron chi connectivity index (χ0n) is 14.6. The summed E-state index contributed by atoms with van der Waals surface area (Å²) < 4.78 is 0. The Hall–Kier alpha value is -1.88. The Bertz CT molecular complexity index is 656. The van der Waals surface area contributed by atoms with E-state index in [1.807, 2.05) is 24.3 Å². The summed E-state index contributed by atoms with van der Waals surface area (Å²) in [6, 6.07) is 8.04. The number of carbonyl (C=O) groups excluding carboxylic acids is 1. The highest BCUT2D eigenvalue weighted by atomic mass is 16.2. The van der Waals surface area contributed by atoms with Crippen molar-refractivity contribution < 1.29 is 4.79 Å². The van der Waals surface area contributed by atoms with Gasteiger partial charge in [-0.2, -0.15) is 5.10 Å². The summed E-state index contributed by atoms with van der Waals surface area (Å²) in [6.07, 6.45) is 6.94. The molecule has 2 heterocycles. The fourth-order valence-corrected chi connectivity index (χ4v) is 3.52. The van der Waals surface area contributed by atoms with E-state index < -0.39 is 0 Å². The maximum atomic E-state index is 12.6. The number of rotatable bonds is 5. The second kappa shape index (κ2) is 8.29. The van der Waals surface area contributed by atoms with Gasteiger partial charge in [0, 0.05) is 11.4 Å². The van der Waals surface area contributed by atoms with Gasteiger partial charge in [-0.15, -0.1) is 0 Å². The van der Waals surface area contributed by atoms with E-state index in [1.165, 1.54) is 19.4 Å². The number of fused-ring (bicyclic) bond motifs is 1. The predicted molar refractivity (Wildman–Crippen MR) is 97.2 cm³/mol. The van der Waals surface area contributed by atoms with Crippen LogP contribution in [0.1, 0.15) is 55.9 Å². The van der Waals surface area contributed by atoms with Crippen molar-refractivity contribution in [3.8, 4) is 0 Å². The van der Waals surface area contributed by atoms with Gasteiger partial charge in [-0.3, -0.25) is 9.89 Å². The normalized spacial score (nSPS) is 17.5. The van der Waals surface area contributed by atoms with Gasteiger partial charge >= 0.3 is 0 Å². The molecule has 0 atom stereocenters. The van der Waals surface area contributed by atoms with E-state index in [4.69, 9.17) is 0 Å². The molecule has 1 amide bonds. The molecule has 0 aliphatic carbocycles. The minimum Gasteiger partial charge on any atom is -0.348 e. The average Bonchev–Trinajstić information content (AvgIpc) is 3.00. The number of likely N-dealkylation sites (tertiary alicyclic amines) is 1. The van der Waals surface area contributed by atoms with Crippen molar-refractivity contribution in [2.75, 3.05) is 19.6 Å². The van der Waals surface area contributed by atoms with E-state index >= 15 is 0 Å². The Morgan fingerprint density at radius 3 is 2.79 bits per heavy atom. The molecule has 1 aliphatic heterocycles. The van der Waals surface area contributed by atoms with Crippen LogP contribution in [0, 0.1) is 0 Å². The summed E-state index contributed by atoms with van der Waals surface area (Å²) in [6.45, 7) is 5.76. The van der Waals surface area contributed by atoms with Gasteiger partial charge in [0.05, 0.1) is 5.52 Å². The molecule has 1 fully saturated rings. The second-order valence-electron chi connectivity index (χ2n) is 6.77. The van der Waals surface area contributed by atoms with Crippen LogP contribution in [-0.2, 0) is 0 Å². The van der Waals surface area contributed by atoms with Gasteiger partial charge in [0.2, 0.25) is 0 Å². The Morgan fingerprint density at radius 1 is 1.29 bits per heavy atom. The zero-order valence-corrected chi connectivity index (χ0v) is 14.6. The number of hydrogen-bond donors (Lipinski definition) is 2. The van der Waals surface area contributed by atoms with Crippen molar-refractivity contribution in [1.29, 1.82) is 0 Å². The highest BCUT2D eigenvalue weighted by Gasteiger charge is 2.20. The molecule has 0 spiro atoms. The van der Waals surface area contributed by atoms with Crippen molar-refractivity contribution in [2.24, 2.45) is 0 Å². The molecule has 0 radical (unpaired) electrons. The molecule has 0 unspecified atom stereocenters. The van der Waals surface area contributed by atoms with Gasteiger partial charge in [0.1, 0.15) is 0 Å². The number of aromatic nitrogens is 2. The Morgan fingerprint density at radius 2 is 2.04 bits per heavy atom. The van der Waals surface area contributed by atoms with Crippen molar-refractivity contribution in [3.05, 3.63) is 30.0 Å². The molecular formula is C19H28N4O. The van der Waals surface area contributed by atoms with Gasteiger partial charge in [0.25, 0.3) is 5.91 Å². The summed E-state index contributed by atoms with van der Waals surface area (Å²) >= 11 is 0. The lowest BCUT2D eigenvalue weighted by Gasteiger charge is -2.28. The van der Waals surface area contributed by atoms with E-state index in [-0.39, 0.29) is 11.9 Å². The smallest absolute Gasteiger partial charge is 0.272 e. The first kappa shape index (κ1) is 17.0. The van der Waals surface area contributed by atoms with Crippen molar-refractivity contribution in [2.45, 2.75) is 51.5 Å². The third kappa shape index (κ3) is 4.15. The van der Waals surface area contributed by atoms with Gasteiger partial charge in [-0.05, 0) is 57.8 Å². The number of H-pyrrole nitrogens is 1. The number of aromatic amines is 1. The van der Waals surface area contributed by atoms with Crippen molar-refractivity contribution >= 4 is 16.8 Å². The van der Waals surface area contributed by atoms with Gasteiger partial charge < -0.3 is 10.2 Å². The molecular weight excluding hydrogens is 300 g/mol. The van der Waals surface area contributed by atoms with Crippen LogP contribution in [0.15, 0.2) is 24.3 Å². The maximum Gasteiger partial charge on any atom is 0.272 e. The first-order chi connectivity index (χ1) is 11.8. The number of benzene rings is 1. The molecule has 2 aromatic rings. The molecule has 1 aromatic carbocycles. The van der Waals surface area contributed by atoms with Crippen LogP contribution < -0.4 is 5.32 Å². The van der Waals surface area contributed by atoms with Gasteiger partial charge in [0.15, 0.2) is 5.69 Å². The quantitative estimate of drug-likeness (QED) is 0.885. The lowest BCUT2D eigenvalue weighted by molar-refractivity contribution is 0.0923. The second-order valence-corrected chi connectivity index (χ2v) is 6.77. The van der Waals surface area contributed by atoms with Gasteiger partial charge in [-0.1, -0.05) is 31.5 Å². The third-order valence-corrected chi connectivity index (χ3v) is 4.90. The number of carbonyl (C=O) groups is 1. The lowest BCUT2D eigenvalue weighted by Crippen LogP contribution is -2.39. The van der Waals surface area contributed by atoms with Crippen LogP contribution in [0.2, 0.25) is 0 Å². The Labute approximate surface area is 143 Å². The van der Waals surface area contributed by atoms with E-state index in [0.29, 0.717) is 5.69 Å². The molecule has 5 heteroatoms. The van der Waals surface area contributed by atoms with E-state index in [0.717, 1.165) is 49.7 Å². The number of hydrogen-bond acceptors (Lipinski definition) is 3. The maximum absolute atomic E-state index is 12.6. The summed E-state index contributed by atoms with van der Waals surface area (Å²) in [5.74, 6) is -0.0548. The third-order valence-electron chi connectivity index (χ3n) is 4.90. The topological polar surface area (TPSA) is 61.0 Å². The zero-order chi connectivity index (χ0) is 16.8. The van der Waals surface area contributed by atoms with Crippen LogP contribution in [0.3, 0.4) is 0 Å². The molecule has 2 N–H and O–H groups in total. The first-order valence-corrected chi connectivity index (χ1v) is 9.24. The number of unbranched alkanes of at least 4 members (excludes halogenated alkanes) is 1.